The predicted molar refractivity (Wildman–Crippen MR) is 103 cm³/mol. The largest absolute Gasteiger partial charge is 0.323 e. The molecule has 0 radical (unpaired) electrons. The third-order valence-corrected chi connectivity index (χ3v) is 5.15. The minimum absolute atomic E-state index is 0.176. The number of thioether (sulfide) groups is 1. The molecule has 1 amide bonds. The van der Waals surface area contributed by atoms with Crippen LogP contribution in [-0.4, -0.2) is 20.7 Å². The molecule has 0 saturated carbocycles. The number of amides is 1. The molecule has 0 saturated heterocycles. The van der Waals surface area contributed by atoms with Crippen LogP contribution in [0.15, 0.2) is 53.9 Å². The molecule has 4 nitrogen and oxygen atoms in total. The molecule has 1 atom stereocenters. The highest BCUT2D eigenvalue weighted by atomic mass is 32.2. The Bertz CT molecular complexity index is 987. The Kier molecular flexibility index (Phi) is 5.60. The molecule has 1 heterocycles. The van der Waals surface area contributed by atoms with E-state index in [1.54, 1.807) is 13.1 Å². The Hall–Kier alpha value is -2.67. The second-order valence-corrected chi connectivity index (χ2v) is 7.55. The van der Waals surface area contributed by atoms with Gasteiger partial charge in [-0.3, -0.25) is 9.36 Å². The van der Waals surface area contributed by atoms with Gasteiger partial charge >= 0.3 is 0 Å². The highest BCUT2D eigenvalue weighted by Gasteiger charge is 2.19. The molecule has 0 aliphatic carbocycles. The van der Waals surface area contributed by atoms with Crippen LogP contribution in [0.4, 0.5) is 14.5 Å². The number of imidazole rings is 1. The highest BCUT2D eigenvalue weighted by Crippen LogP contribution is 2.27. The molecule has 0 fully saturated rings. The van der Waals surface area contributed by atoms with Crippen LogP contribution < -0.4 is 5.32 Å². The van der Waals surface area contributed by atoms with E-state index >= 15 is 0 Å². The van der Waals surface area contributed by atoms with Crippen molar-refractivity contribution in [1.82, 2.24) is 9.55 Å². The first-order valence-electron chi connectivity index (χ1n) is 8.38. The number of hydrogen-bond acceptors (Lipinski definition) is 3. The van der Waals surface area contributed by atoms with Crippen LogP contribution in [0.3, 0.4) is 0 Å². The van der Waals surface area contributed by atoms with Gasteiger partial charge in [0.2, 0.25) is 5.91 Å². The molecule has 27 heavy (non-hydrogen) atoms. The molecule has 0 bridgehead atoms. The van der Waals surface area contributed by atoms with Crippen molar-refractivity contribution in [3.05, 3.63) is 71.6 Å². The van der Waals surface area contributed by atoms with Crippen LogP contribution in [0.25, 0.3) is 5.69 Å². The van der Waals surface area contributed by atoms with Crippen molar-refractivity contribution >= 4 is 23.4 Å². The SMILES string of the molecule is Cc1ccc(C)c(-n2ccnc2SC(C)C(=O)Nc2cc(F)ccc2F)c1. The van der Waals surface area contributed by atoms with Gasteiger partial charge in [0, 0.05) is 18.5 Å². The smallest absolute Gasteiger partial charge is 0.237 e. The van der Waals surface area contributed by atoms with E-state index in [-0.39, 0.29) is 5.69 Å². The number of halogens is 2. The van der Waals surface area contributed by atoms with E-state index in [1.165, 1.54) is 11.8 Å². The van der Waals surface area contributed by atoms with Crippen molar-refractivity contribution in [3.8, 4) is 5.69 Å². The lowest BCUT2D eigenvalue weighted by atomic mass is 10.1. The summed E-state index contributed by atoms with van der Waals surface area (Å²) in [6.07, 6.45) is 3.50. The lowest BCUT2D eigenvalue weighted by Gasteiger charge is -2.15. The number of rotatable bonds is 5. The third kappa shape index (κ3) is 4.36. The molecule has 3 aromatic rings. The van der Waals surface area contributed by atoms with E-state index in [9.17, 15) is 13.6 Å². The highest BCUT2D eigenvalue weighted by molar-refractivity contribution is 8.00. The summed E-state index contributed by atoms with van der Waals surface area (Å²) in [4.78, 5) is 16.7. The Morgan fingerprint density at radius 3 is 2.74 bits per heavy atom. The second kappa shape index (κ2) is 7.92. The fourth-order valence-corrected chi connectivity index (χ4v) is 3.46. The van der Waals surface area contributed by atoms with Gasteiger partial charge in [0.1, 0.15) is 11.6 Å². The number of anilines is 1. The second-order valence-electron chi connectivity index (χ2n) is 6.24. The van der Waals surface area contributed by atoms with E-state index in [2.05, 4.69) is 10.3 Å². The first-order chi connectivity index (χ1) is 12.8. The van der Waals surface area contributed by atoms with E-state index in [0.717, 1.165) is 35.0 Å². The van der Waals surface area contributed by atoms with Crippen LogP contribution in [-0.2, 0) is 4.79 Å². The molecular weight excluding hydrogens is 368 g/mol. The van der Waals surface area contributed by atoms with Crippen LogP contribution in [0, 0.1) is 25.5 Å². The maximum Gasteiger partial charge on any atom is 0.237 e. The van der Waals surface area contributed by atoms with Crippen molar-refractivity contribution in [2.75, 3.05) is 5.32 Å². The molecule has 7 heteroatoms. The first-order valence-corrected chi connectivity index (χ1v) is 9.26. The quantitative estimate of drug-likeness (QED) is 0.634. The summed E-state index contributed by atoms with van der Waals surface area (Å²) in [7, 11) is 0. The normalized spacial score (nSPS) is 12.0. The molecular formula is C20H19F2N3OS. The number of hydrogen-bond donors (Lipinski definition) is 1. The lowest BCUT2D eigenvalue weighted by molar-refractivity contribution is -0.115. The summed E-state index contributed by atoms with van der Waals surface area (Å²) in [5.41, 5.74) is 3.01. The van der Waals surface area contributed by atoms with Gasteiger partial charge in [-0.05, 0) is 50.1 Å². The van der Waals surface area contributed by atoms with Crippen LogP contribution in [0.5, 0.6) is 0 Å². The summed E-state index contributed by atoms with van der Waals surface area (Å²) in [5.74, 6) is -1.73. The molecule has 140 valence electrons. The van der Waals surface area contributed by atoms with E-state index in [0.29, 0.717) is 5.16 Å². The van der Waals surface area contributed by atoms with Crippen LogP contribution in [0.2, 0.25) is 0 Å². The summed E-state index contributed by atoms with van der Waals surface area (Å²) >= 11 is 1.25. The lowest BCUT2D eigenvalue weighted by Crippen LogP contribution is -2.23. The number of carbonyl (C=O) groups excluding carboxylic acids is 1. The average Bonchev–Trinajstić information content (AvgIpc) is 3.08. The Morgan fingerprint density at radius 2 is 1.96 bits per heavy atom. The van der Waals surface area contributed by atoms with E-state index in [1.807, 2.05) is 42.8 Å². The van der Waals surface area contributed by atoms with E-state index in [4.69, 9.17) is 0 Å². The van der Waals surface area contributed by atoms with Gasteiger partial charge in [-0.15, -0.1) is 0 Å². The van der Waals surface area contributed by atoms with Crippen molar-refractivity contribution in [3.63, 3.8) is 0 Å². The van der Waals surface area contributed by atoms with Gasteiger partial charge in [-0.1, -0.05) is 23.9 Å². The first kappa shape index (κ1) is 19.1. The zero-order chi connectivity index (χ0) is 19.6. The minimum Gasteiger partial charge on any atom is -0.323 e. The number of carbonyl (C=O) groups is 1. The predicted octanol–water partition coefficient (Wildman–Crippen LogP) is 4.89. The molecule has 3 rings (SSSR count). The Morgan fingerprint density at radius 1 is 1.19 bits per heavy atom. The van der Waals surface area contributed by atoms with E-state index < -0.39 is 22.8 Å². The van der Waals surface area contributed by atoms with Crippen LogP contribution >= 0.6 is 11.8 Å². The molecule has 0 spiro atoms. The number of nitrogens with zero attached hydrogens (tertiary/aromatic N) is 2. The summed E-state index contributed by atoms with van der Waals surface area (Å²) < 4.78 is 28.9. The van der Waals surface area contributed by atoms with Crippen molar-refractivity contribution < 1.29 is 13.6 Å². The van der Waals surface area contributed by atoms with Gasteiger partial charge in [0.15, 0.2) is 5.16 Å². The van der Waals surface area contributed by atoms with Crippen LogP contribution in [0.1, 0.15) is 18.1 Å². The Labute approximate surface area is 160 Å². The third-order valence-electron chi connectivity index (χ3n) is 4.07. The molecule has 1 aromatic heterocycles. The zero-order valence-corrected chi connectivity index (χ0v) is 16.0. The fraction of sp³-hybridized carbons (Fsp3) is 0.200. The fourth-order valence-electron chi connectivity index (χ4n) is 2.58. The zero-order valence-electron chi connectivity index (χ0n) is 15.2. The number of aryl methyl sites for hydroxylation is 2. The standard InChI is InChI=1S/C20H19F2N3OS/c1-12-4-5-13(2)18(10-12)25-9-8-23-20(25)27-14(3)19(26)24-17-11-15(21)6-7-16(17)22/h4-11,14H,1-3H3,(H,24,26). The molecule has 0 aliphatic rings. The maximum absolute atomic E-state index is 13.7. The van der Waals surface area contributed by atoms with Gasteiger partial charge < -0.3 is 5.32 Å². The monoisotopic (exact) mass is 387 g/mol. The van der Waals surface area contributed by atoms with Gasteiger partial charge in [0.25, 0.3) is 0 Å². The molecule has 0 aliphatic heterocycles. The van der Waals surface area contributed by atoms with Gasteiger partial charge in [0.05, 0.1) is 16.6 Å². The summed E-state index contributed by atoms with van der Waals surface area (Å²) in [5, 5.41) is 2.52. The molecule has 2 aromatic carbocycles. The Balaban J connectivity index is 1.78. The van der Waals surface area contributed by atoms with Crippen molar-refractivity contribution in [2.24, 2.45) is 0 Å². The van der Waals surface area contributed by atoms with Gasteiger partial charge in [-0.2, -0.15) is 0 Å². The number of benzene rings is 2. The average molecular weight is 387 g/mol. The minimum atomic E-state index is -0.682. The van der Waals surface area contributed by atoms with Gasteiger partial charge in [-0.25, -0.2) is 13.8 Å². The summed E-state index contributed by atoms with van der Waals surface area (Å²) in [6, 6.07) is 9.06. The topological polar surface area (TPSA) is 46.9 Å². The molecule has 1 N–H and O–H groups in total. The van der Waals surface area contributed by atoms with Crippen molar-refractivity contribution in [2.45, 2.75) is 31.2 Å². The molecule has 1 unspecified atom stereocenters. The number of aromatic nitrogens is 2. The van der Waals surface area contributed by atoms with Crippen molar-refractivity contribution in [1.29, 1.82) is 0 Å². The summed E-state index contributed by atoms with van der Waals surface area (Å²) in [6.45, 7) is 5.71. The maximum atomic E-state index is 13.7. The number of nitrogens with one attached hydrogen (secondary N) is 1.